The molecule has 2 amide bonds. The minimum Gasteiger partial charge on any atom is -0.368 e. The molecule has 0 bridgehead atoms. The van der Waals surface area contributed by atoms with Gasteiger partial charge in [-0.15, -0.1) is 0 Å². The van der Waals surface area contributed by atoms with Crippen LogP contribution in [0.2, 0.25) is 0 Å². The Kier molecular flexibility index (Phi) is 4.01. The summed E-state index contributed by atoms with van der Waals surface area (Å²) in [4.78, 5) is 28.4. The molecule has 2 atom stereocenters. The van der Waals surface area contributed by atoms with E-state index in [2.05, 4.69) is 15.6 Å². The molecule has 2 aliphatic heterocycles. The second-order valence-electron chi connectivity index (χ2n) is 6.48. The van der Waals surface area contributed by atoms with Gasteiger partial charge in [-0.1, -0.05) is 0 Å². The number of hydrogen-bond acceptors (Lipinski definition) is 4. The van der Waals surface area contributed by atoms with Crippen LogP contribution in [0.3, 0.4) is 0 Å². The molecule has 2 N–H and O–H groups in total. The lowest BCUT2D eigenvalue weighted by molar-refractivity contribution is -0.116. The molecular formula is C18H20N4O3. The van der Waals surface area contributed by atoms with E-state index in [0.717, 1.165) is 23.5 Å². The number of amides is 2. The Morgan fingerprint density at radius 2 is 2.28 bits per heavy atom. The highest BCUT2D eigenvalue weighted by molar-refractivity contribution is 5.98. The molecule has 130 valence electrons. The van der Waals surface area contributed by atoms with Crippen molar-refractivity contribution in [3.63, 3.8) is 0 Å². The van der Waals surface area contributed by atoms with Gasteiger partial charge < -0.3 is 19.9 Å². The van der Waals surface area contributed by atoms with Gasteiger partial charge in [-0.3, -0.25) is 9.59 Å². The highest BCUT2D eigenvalue weighted by Crippen LogP contribution is 2.28. The monoisotopic (exact) mass is 340 g/mol. The minimum atomic E-state index is -0.235. The Bertz CT molecular complexity index is 829. The van der Waals surface area contributed by atoms with E-state index in [-0.39, 0.29) is 24.0 Å². The van der Waals surface area contributed by atoms with E-state index in [9.17, 15) is 9.59 Å². The predicted molar refractivity (Wildman–Crippen MR) is 91.2 cm³/mol. The lowest BCUT2D eigenvalue weighted by Crippen LogP contribution is -2.37. The second-order valence-corrected chi connectivity index (χ2v) is 6.48. The number of carbonyl (C=O) groups excluding carboxylic acids is 2. The molecular weight excluding hydrogens is 320 g/mol. The molecule has 7 nitrogen and oxygen atoms in total. The normalized spacial score (nSPS) is 22.4. The van der Waals surface area contributed by atoms with Gasteiger partial charge in [0.1, 0.15) is 11.9 Å². The zero-order chi connectivity index (χ0) is 17.4. The zero-order valence-electron chi connectivity index (χ0n) is 14.0. The molecule has 0 unspecified atom stereocenters. The number of aryl methyl sites for hydroxylation is 2. The van der Waals surface area contributed by atoms with Crippen molar-refractivity contribution in [3.05, 3.63) is 47.5 Å². The quantitative estimate of drug-likeness (QED) is 0.888. The number of benzene rings is 1. The number of ether oxygens (including phenoxy) is 1. The van der Waals surface area contributed by atoms with Crippen molar-refractivity contribution < 1.29 is 14.3 Å². The summed E-state index contributed by atoms with van der Waals surface area (Å²) in [7, 11) is 1.92. The highest BCUT2D eigenvalue weighted by atomic mass is 16.5. The van der Waals surface area contributed by atoms with Gasteiger partial charge in [-0.05, 0) is 36.6 Å². The molecule has 25 heavy (non-hydrogen) atoms. The standard InChI is InChI=1S/C18H20N4O3/c1-22-8-7-19-17(22)16-14(6-9-25-16)21-18(24)12-2-4-13-11(10-12)3-5-15(23)20-13/h2,4,7-8,10,14,16H,3,5-6,9H2,1H3,(H,20,23)(H,21,24)/t14-,16-/m0/s1. The van der Waals surface area contributed by atoms with E-state index in [1.807, 2.05) is 23.9 Å². The third kappa shape index (κ3) is 3.02. The van der Waals surface area contributed by atoms with Crippen LogP contribution in [0.5, 0.6) is 0 Å². The SMILES string of the molecule is Cn1ccnc1[C@H]1OCC[C@@H]1NC(=O)c1ccc2c(c1)CCC(=O)N2. The summed E-state index contributed by atoms with van der Waals surface area (Å²) in [6.45, 7) is 0.596. The summed E-state index contributed by atoms with van der Waals surface area (Å²) in [5, 5.41) is 5.90. The number of fused-ring (bicyclic) bond motifs is 1. The fourth-order valence-electron chi connectivity index (χ4n) is 3.42. The van der Waals surface area contributed by atoms with Crippen molar-refractivity contribution in [1.29, 1.82) is 0 Å². The second kappa shape index (κ2) is 6.33. The Labute approximate surface area is 145 Å². The van der Waals surface area contributed by atoms with Gasteiger partial charge in [-0.2, -0.15) is 0 Å². The fraction of sp³-hybridized carbons (Fsp3) is 0.389. The van der Waals surface area contributed by atoms with E-state index < -0.39 is 0 Å². The number of aromatic nitrogens is 2. The van der Waals surface area contributed by atoms with Crippen LogP contribution in [0, 0.1) is 0 Å². The predicted octanol–water partition coefficient (Wildman–Crippen LogP) is 1.56. The van der Waals surface area contributed by atoms with Crippen LogP contribution in [0.4, 0.5) is 5.69 Å². The molecule has 1 saturated heterocycles. The zero-order valence-corrected chi connectivity index (χ0v) is 14.0. The van der Waals surface area contributed by atoms with Gasteiger partial charge in [0.05, 0.1) is 6.04 Å². The van der Waals surface area contributed by atoms with Crippen molar-refractivity contribution in [3.8, 4) is 0 Å². The van der Waals surface area contributed by atoms with Gasteiger partial charge in [-0.25, -0.2) is 4.98 Å². The highest BCUT2D eigenvalue weighted by Gasteiger charge is 2.33. The van der Waals surface area contributed by atoms with E-state index in [4.69, 9.17) is 4.74 Å². The third-order valence-corrected chi connectivity index (χ3v) is 4.78. The molecule has 3 heterocycles. The Balaban J connectivity index is 1.50. The third-order valence-electron chi connectivity index (χ3n) is 4.78. The number of hydrogen-bond donors (Lipinski definition) is 2. The van der Waals surface area contributed by atoms with Crippen LogP contribution in [0.1, 0.15) is 40.7 Å². The van der Waals surface area contributed by atoms with Crippen molar-refractivity contribution in [2.75, 3.05) is 11.9 Å². The molecule has 4 rings (SSSR count). The summed E-state index contributed by atoms with van der Waals surface area (Å²) in [5.41, 5.74) is 2.39. The van der Waals surface area contributed by atoms with Gasteiger partial charge in [0.25, 0.3) is 5.91 Å². The fourth-order valence-corrected chi connectivity index (χ4v) is 3.42. The van der Waals surface area contributed by atoms with Crippen LogP contribution < -0.4 is 10.6 Å². The Morgan fingerprint density at radius 3 is 3.08 bits per heavy atom. The van der Waals surface area contributed by atoms with Gasteiger partial charge >= 0.3 is 0 Å². The van der Waals surface area contributed by atoms with E-state index in [1.165, 1.54) is 0 Å². The topological polar surface area (TPSA) is 85.2 Å². The molecule has 0 spiro atoms. The van der Waals surface area contributed by atoms with Crippen LogP contribution in [-0.2, 0) is 23.0 Å². The van der Waals surface area contributed by atoms with E-state index in [0.29, 0.717) is 25.0 Å². The smallest absolute Gasteiger partial charge is 0.251 e. The van der Waals surface area contributed by atoms with Crippen molar-refractivity contribution >= 4 is 17.5 Å². The largest absolute Gasteiger partial charge is 0.368 e. The van der Waals surface area contributed by atoms with Crippen LogP contribution in [0.25, 0.3) is 0 Å². The summed E-state index contributed by atoms with van der Waals surface area (Å²) >= 11 is 0. The van der Waals surface area contributed by atoms with Gasteiger partial charge in [0.2, 0.25) is 5.91 Å². The van der Waals surface area contributed by atoms with Crippen LogP contribution in [-0.4, -0.2) is 34.0 Å². The first kappa shape index (κ1) is 15.8. The van der Waals surface area contributed by atoms with Gasteiger partial charge in [0, 0.05) is 43.7 Å². The maximum Gasteiger partial charge on any atom is 0.251 e. The number of anilines is 1. The number of nitrogens with zero attached hydrogens (tertiary/aromatic N) is 2. The van der Waals surface area contributed by atoms with Crippen LogP contribution >= 0.6 is 0 Å². The lowest BCUT2D eigenvalue weighted by atomic mass is 9.99. The summed E-state index contributed by atoms with van der Waals surface area (Å²) in [6.07, 6.45) is 5.23. The molecule has 1 aromatic heterocycles. The molecule has 2 aromatic rings. The summed E-state index contributed by atoms with van der Waals surface area (Å²) in [5.74, 6) is 0.705. The first-order chi connectivity index (χ1) is 12.1. The molecule has 1 aromatic carbocycles. The average molecular weight is 340 g/mol. The number of rotatable bonds is 3. The van der Waals surface area contributed by atoms with Crippen molar-refractivity contribution in [2.45, 2.75) is 31.4 Å². The molecule has 7 heteroatoms. The molecule has 1 fully saturated rings. The number of nitrogens with one attached hydrogen (secondary N) is 2. The Hall–Kier alpha value is -2.67. The van der Waals surface area contributed by atoms with E-state index >= 15 is 0 Å². The Morgan fingerprint density at radius 1 is 1.40 bits per heavy atom. The molecule has 0 radical (unpaired) electrons. The lowest BCUT2D eigenvalue weighted by Gasteiger charge is -2.21. The molecule has 2 aliphatic rings. The maximum absolute atomic E-state index is 12.7. The maximum atomic E-state index is 12.7. The van der Waals surface area contributed by atoms with Gasteiger partial charge in [0.15, 0.2) is 0 Å². The summed E-state index contributed by atoms with van der Waals surface area (Å²) in [6, 6.07) is 5.29. The average Bonchev–Trinajstić information content (AvgIpc) is 3.22. The minimum absolute atomic E-state index is 0.0192. The molecule has 0 aliphatic carbocycles. The number of carbonyl (C=O) groups is 2. The number of imidazole rings is 1. The molecule has 0 saturated carbocycles. The first-order valence-corrected chi connectivity index (χ1v) is 8.44. The van der Waals surface area contributed by atoms with Crippen LogP contribution in [0.15, 0.2) is 30.6 Å². The van der Waals surface area contributed by atoms with E-state index in [1.54, 1.807) is 18.3 Å². The van der Waals surface area contributed by atoms with Crippen molar-refractivity contribution in [1.82, 2.24) is 14.9 Å². The first-order valence-electron chi connectivity index (χ1n) is 8.44. The van der Waals surface area contributed by atoms with Crippen molar-refractivity contribution in [2.24, 2.45) is 7.05 Å². The summed E-state index contributed by atoms with van der Waals surface area (Å²) < 4.78 is 7.70.